The Hall–Kier alpha value is -6.69. The van der Waals surface area contributed by atoms with Gasteiger partial charge in [-0.25, -0.2) is 4.79 Å². The molecular formula is C57H91N9O15. The monoisotopic (exact) mass is 1140 g/mol. The molecule has 1 aromatic carbocycles. The van der Waals surface area contributed by atoms with Crippen LogP contribution in [0.25, 0.3) is 0 Å². The van der Waals surface area contributed by atoms with Gasteiger partial charge in [-0.1, -0.05) is 73.9 Å². The third kappa shape index (κ3) is 19.5. The van der Waals surface area contributed by atoms with Crippen LogP contribution >= 0.6 is 0 Å². The second-order valence-corrected chi connectivity index (χ2v) is 22.9. The summed E-state index contributed by atoms with van der Waals surface area (Å²) in [5.41, 5.74) is 11.7. The average Bonchev–Trinajstić information content (AvgIpc) is 4.00. The first-order chi connectivity index (χ1) is 37.8. The number of fused-ring (bicyclic) bond motifs is 1. The van der Waals surface area contributed by atoms with Gasteiger partial charge in [0.15, 0.2) is 11.9 Å². The maximum Gasteiger partial charge on any atom is 0.329 e. The van der Waals surface area contributed by atoms with Gasteiger partial charge < -0.3 is 66.8 Å². The first kappa shape index (κ1) is 68.6. The minimum Gasteiger partial charge on any atom is -0.497 e. The molecule has 0 unspecified atom stereocenters. The van der Waals surface area contributed by atoms with E-state index in [2.05, 4.69) is 21.3 Å². The van der Waals surface area contributed by atoms with Crippen molar-refractivity contribution in [1.29, 1.82) is 0 Å². The number of primary amides is 1. The van der Waals surface area contributed by atoms with E-state index in [0.717, 1.165) is 9.80 Å². The average molecular weight is 1140 g/mol. The van der Waals surface area contributed by atoms with Gasteiger partial charge >= 0.3 is 11.9 Å². The van der Waals surface area contributed by atoms with E-state index in [1.807, 2.05) is 13.8 Å². The predicted octanol–water partition coefficient (Wildman–Crippen LogP) is 1.04. The number of rotatable bonds is 19. The number of nitrogens with zero attached hydrogens (tertiary/aromatic N) is 3. The molecule has 9 N–H and O–H groups in total. The topological polar surface area (TPSA) is 346 Å². The molecule has 2 fully saturated rings. The summed E-state index contributed by atoms with van der Waals surface area (Å²) in [6, 6.07) is -3.86. The van der Waals surface area contributed by atoms with Crippen molar-refractivity contribution in [3.63, 3.8) is 0 Å². The molecular weight excluding hydrogens is 1050 g/mol. The molecule has 8 amide bonds. The minimum absolute atomic E-state index is 0.0182. The van der Waals surface area contributed by atoms with Crippen molar-refractivity contribution < 1.29 is 72.1 Å². The number of esters is 2. The Balaban J connectivity index is 2.26. The van der Waals surface area contributed by atoms with E-state index in [4.69, 9.17) is 25.7 Å². The number of ether oxygens (including phenoxy) is 3. The van der Waals surface area contributed by atoms with Crippen molar-refractivity contribution >= 4 is 65.0 Å². The lowest BCUT2D eigenvalue weighted by atomic mass is 9.91. The molecule has 13 atom stereocenters. The van der Waals surface area contributed by atoms with Gasteiger partial charge in [0.1, 0.15) is 48.1 Å². The molecule has 2 aliphatic heterocycles. The Morgan fingerprint density at radius 3 is 2.07 bits per heavy atom. The number of nitrogens with two attached hydrogens (primary N) is 2. The van der Waals surface area contributed by atoms with Crippen LogP contribution in [-0.4, -0.2) is 179 Å². The highest BCUT2D eigenvalue weighted by Crippen LogP contribution is 2.26. The SMILES string of the molecule is CC[C@H](C)[C@H]1NC(=O)[C@H](NC(=O)[C@@H](CC(C)C)N(C)C(=O)[C@H](C)NC(=O)[C@@H](N)CCC(N)=O)[C@@H](C)OC(=O)[C@H](Cc2ccc(OC)cc2)N(C)C(=O)[C@@H]2CCCN2C(=O)[C@H](CC(C)C)NC(=O)[C@@H](C)C(=O)[C@H](C(C)C)OC(=O)C[C@@H]1O. The first-order valence-corrected chi connectivity index (χ1v) is 28.2. The van der Waals surface area contributed by atoms with Crippen molar-refractivity contribution in [2.75, 3.05) is 27.7 Å². The fourth-order valence-electron chi connectivity index (χ4n) is 9.87. The molecule has 0 saturated carbocycles. The molecule has 2 saturated heterocycles. The number of hydrogen-bond donors (Lipinski definition) is 7. The lowest BCUT2D eigenvalue weighted by molar-refractivity contribution is -0.163. The number of amides is 8. The van der Waals surface area contributed by atoms with Gasteiger partial charge in [-0.05, 0) is 94.2 Å². The van der Waals surface area contributed by atoms with Gasteiger partial charge in [0.2, 0.25) is 47.3 Å². The van der Waals surface area contributed by atoms with Crippen LogP contribution in [0, 0.1) is 29.6 Å². The third-order valence-corrected chi connectivity index (χ3v) is 15.1. The normalized spacial score (nSPS) is 25.7. The zero-order chi connectivity index (χ0) is 61.3. The number of ketones is 1. The number of benzene rings is 1. The number of hydrogen-bond acceptors (Lipinski definition) is 16. The van der Waals surface area contributed by atoms with Gasteiger partial charge in [0.25, 0.3) is 0 Å². The van der Waals surface area contributed by atoms with E-state index in [1.54, 1.807) is 65.8 Å². The Labute approximate surface area is 476 Å². The molecule has 24 heteroatoms. The summed E-state index contributed by atoms with van der Waals surface area (Å²) in [7, 11) is 4.19. The van der Waals surface area contributed by atoms with Gasteiger partial charge in [0, 0.05) is 33.5 Å². The molecule has 24 nitrogen and oxygen atoms in total. The first-order valence-electron chi connectivity index (χ1n) is 28.2. The fraction of sp³-hybridized carbons (Fsp3) is 0.702. The van der Waals surface area contributed by atoms with E-state index in [1.165, 1.54) is 46.9 Å². The molecule has 0 aromatic heterocycles. The van der Waals surface area contributed by atoms with E-state index in [0.29, 0.717) is 24.2 Å². The number of carbonyl (C=O) groups excluding carboxylic acids is 11. The lowest BCUT2D eigenvalue weighted by Gasteiger charge is -2.36. The summed E-state index contributed by atoms with van der Waals surface area (Å²) in [5.74, 6) is -11.5. The minimum atomic E-state index is -1.80. The van der Waals surface area contributed by atoms with Gasteiger partial charge in [-0.15, -0.1) is 0 Å². The number of nitrogens with one attached hydrogen (secondary N) is 4. The molecule has 0 radical (unpaired) electrons. The Bertz CT molecular complexity index is 2380. The standard InChI is InChI=1S/C57H91N9O15/c1-15-32(8)46-43(67)28-45(69)81-49(31(6)7)48(70)33(9)50(71)61-39(25-29(2)3)55(76)66-24-16-17-40(66)56(77)65(13)42(27-36-18-20-37(79-14)21-19-36)57(78)80-35(11)47(53(74)62-46)63-52(73)41(26-30(4)5)64(12)54(75)34(10)60-51(72)38(58)22-23-44(59)68/h18-21,29-35,38-43,46-47,49,67H,15-17,22-28,58H2,1-14H3,(H2,59,68)(H,60,72)(H,61,71)(H,62,74)(H,63,73)/t32-,33-,34-,35+,38-,39-,40-,41+,42-,43-,46+,47+,49-/m0/s1. The molecule has 454 valence electrons. The van der Waals surface area contributed by atoms with E-state index < -0.39 is 156 Å². The van der Waals surface area contributed by atoms with Gasteiger partial charge in [-0.3, -0.25) is 47.9 Å². The predicted molar refractivity (Wildman–Crippen MR) is 298 cm³/mol. The van der Waals surface area contributed by atoms with Crippen molar-refractivity contribution in [2.45, 2.75) is 201 Å². The Morgan fingerprint density at radius 1 is 0.889 bits per heavy atom. The van der Waals surface area contributed by atoms with Crippen LogP contribution in [-0.2, 0) is 68.6 Å². The second kappa shape index (κ2) is 31.5. The molecule has 1 aromatic rings. The Morgan fingerprint density at radius 2 is 1.52 bits per heavy atom. The number of likely N-dealkylation sites (N-methyl/N-ethyl adjacent to an activating group) is 2. The van der Waals surface area contributed by atoms with Crippen molar-refractivity contribution in [1.82, 2.24) is 36.0 Å². The molecule has 0 aliphatic carbocycles. The fourth-order valence-corrected chi connectivity index (χ4v) is 9.87. The third-order valence-electron chi connectivity index (χ3n) is 15.1. The lowest BCUT2D eigenvalue weighted by Crippen LogP contribution is -2.62. The van der Waals surface area contributed by atoms with Gasteiger partial charge in [0.05, 0.1) is 37.6 Å². The summed E-state index contributed by atoms with van der Waals surface area (Å²) in [6.07, 6.45) is -4.84. The summed E-state index contributed by atoms with van der Waals surface area (Å²) in [6.45, 7) is 18.1. The Kier molecular flexibility index (Phi) is 26.7. The van der Waals surface area contributed by atoms with Crippen molar-refractivity contribution in [3.05, 3.63) is 29.8 Å². The molecule has 3 rings (SSSR count). The summed E-state index contributed by atoms with van der Waals surface area (Å²) < 4.78 is 17.2. The van der Waals surface area contributed by atoms with Crippen molar-refractivity contribution in [3.8, 4) is 5.75 Å². The summed E-state index contributed by atoms with van der Waals surface area (Å²) >= 11 is 0. The number of carbonyl (C=O) groups is 11. The number of methoxy groups -OCH3 is 1. The van der Waals surface area contributed by atoms with Crippen LogP contribution in [0.5, 0.6) is 5.75 Å². The summed E-state index contributed by atoms with van der Waals surface area (Å²) in [5, 5.41) is 22.5. The molecule has 0 bridgehead atoms. The number of cyclic esters (lactones) is 2. The second-order valence-electron chi connectivity index (χ2n) is 22.9. The van der Waals surface area contributed by atoms with E-state index >= 15 is 0 Å². The molecule has 81 heavy (non-hydrogen) atoms. The highest BCUT2D eigenvalue weighted by atomic mass is 16.6. The molecule has 2 heterocycles. The summed E-state index contributed by atoms with van der Waals surface area (Å²) in [4.78, 5) is 158. The zero-order valence-electron chi connectivity index (χ0n) is 49.8. The maximum atomic E-state index is 15.0. The largest absolute Gasteiger partial charge is 0.497 e. The van der Waals surface area contributed by atoms with E-state index in [9.17, 15) is 57.8 Å². The zero-order valence-corrected chi connectivity index (χ0v) is 49.8. The molecule has 0 spiro atoms. The van der Waals surface area contributed by atoms with Crippen LogP contribution in [0.2, 0.25) is 0 Å². The smallest absolute Gasteiger partial charge is 0.329 e. The van der Waals surface area contributed by atoms with Crippen molar-refractivity contribution in [2.24, 2.45) is 41.1 Å². The number of Topliss-reactive ketones (excluding diaryl/α,β-unsaturated/α-hetero) is 1. The van der Waals surface area contributed by atoms with Crippen LogP contribution in [0.3, 0.4) is 0 Å². The molecule has 2 aliphatic rings. The number of aliphatic hydroxyl groups excluding tert-OH is 1. The quantitative estimate of drug-likeness (QED) is 0.0752. The maximum absolute atomic E-state index is 15.0. The van der Waals surface area contributed by atoms with Crippen LogP contribution in [0.1, 0.15) is 133 Å². The highest BCUT2D eigenvalue weighted by Gasteiger charge is 2.45. The van der Waals surface area contributed by atoms with Crippen LogP contribution < -0.4 is 37.5 Å². The van der Waals surface area contributed by atoms with Crippen LogP contribution in [0.15, 0.2) is 24.3 Å². The number of aliphatic hydroxyl groups is 1. The van der Waals surface area contributed by atoms with E-state index in [-0.39, 0.29) is 56.9 Å². The van der Waals surface area contributed by atoms with Crippen LogP contribution in [0.4, 0.5) is 0 Å². The van der Waals surface area contributed by atoms with Gasteiger partial charge in [-0.2, -0.15) is 0 Å². The highest BCUT2D eigenvalue weighted by molar-refractivity contribution is 6.05.